The monoisotopic (exact) mass is 377 g/mol. The van der Waals surface area contributed by atoms with Crippen LogP contribution in [0.15, 0.2) is 64.8 Å². The van der Waals surface area contributed by atoms with Crippen LogP contribution in [0, 0.1) is 0 Å². The first-order valence-corrected chi connectivity index (χ1v) is 9.13. The van der Waals surface area contributed by atoms with Crippen molar-refractivity contribution in [2.75, 3.05) is 7.11 Å². The fourth-order valence-corrected chi connectivity index (χ4v) is 3.60. The second kappa shape index (κ2) is 7.13. The van der Waals surface area contributed by atoms with Crippen molar-refractivity contribution in [1.29, 1.82) is 0 Å². The Morgan fingerprint density at radius 3 is 2.63 bits per heavy atom. The van der Waals surface area contributed by atoms with Gasteiger partial charge in [0.2, 0.25) is 0 Å². The van der Waals surface area contributed by atoms with Gasteiger partial charge < -0.3 is 4.74 Å². The fourth-order valence-electron chi connectivity index (χ4n) is 2.88. The lowest BCUT2D eigenvalue weighted by Gasteiger charge is -2.10. The summed E-state index contributed by atoms with van der Waals surface area (Å²) in [5.41, 5.74) is 1.31. The smallest absolute Gasteiger partial charge is 0.356 e. The van der Waals surface area contributed by atoms with Crippen molar-refractivity contribution in [2.45, 2.75) is 6.54 Å². The average molecular weight is 377 g/mol. The Labute approximate surface area is 158 Å². The number of methoxy groups -OCH3 is 1. The molecule has 0 unspecified atom stereocenters. The molecule has 0 atom stereocenters. The predicted molar refractivity (Wildman–Crippen MR) is 104 cm³/mol. The van der Waals surface area contributed by atoms with E-state index >= 15 is 0 Å². The van der Waals surface area contributed by atoms with Gasteiger partial charge in [-0.25, -0.2) is 14.5 Å². The Bertz CT molecular complexity index is 1180. The molecule has 134 valence electrons. The molecular weight excluding hydrogens is 362 g/mol. The van der Waals surface area contributed by atoms with Gasteiger partial charge in [-0.1, -0.05) is 30.3 Å². The molecule has 0 saturated carbocycles. The van der Waals surface area contributed by atoms with E-state index in [1.54, 1.807) is 35.6 Å². The lowest BCUT2D eigenvalue weighted by atomic mass is 10.1. The summed E-state index contributed by atoms with van der Waals surface area (Å²) in [6.45, 7) is 0.160. The molecule has 0 aliphatic heterocycles. The number of carbonyl (C=O) groups excluding carboxylic acids is 1. The summed E-state index contributed by atoms with van der Waals surface area (Å²) in [4.78, 5) is 29.9. The van der Waals surface area contributed by atoms with Crippen LogP contribution in [0.1, 0.15) is 16.2 Å². The SMILES string of the molecule is COC(=O)c1cccc(Cn2nc(-c3cccs3)c3ccccc3c2=O)n1. The zero-order valence-corrected chi connectivity index (χ0v) is 15.3. The maximum atomic E-state index is 12.9. The van der Waals surface area contributed by atoms with Crippen LogP contribution in [0.3, 0.4) is 0 Å². The van der Waals surface area contributed by atoms with Gasteiger partial charge in [0.05, 0.1) is 29.6 Å². The van der Waals surface area contributed by atoms with E-state index in [4.69, 9.17) is 4.74 Å². The van der Waals surface area contributed by atoms with Crippen LogP contribution in [-0.2, 0) is 11.3 Å². The van der Waals surface area contributed by atoms with Crippen LogP contribution in [0.4, 0.5) is 0 Å². The summed E-state index contributed by atoms with van der Waals surface area (Å²) in [6.07, 6.45) is 0. The molecule has 0 saturated heterocycles. The summed E-state index contributed by atoms with van der Waals surface area (Å²) in [6, 6.07) is 16.4. The Kier molecular flexibility index (Phi) is 4.52. The third kappa shape index (κ3) is 3.24. The summed E-state index contributed by atoms with van der Waals surface area (Å²) in [5.74, 6) is -0.519. The molecule has 0 aliphatic rings. The Balaban J connectivity index is 1.84. The van der Waals surface area contributed by atoms with Crippen molar-refractivity contribution >= 4 is 28.1 Å². The summed E-state index contributed by atoms with van der Waals surface area (Å²) in [5, 5.41) is 7.98. The van der Waals surface area contributed by atoms with Crippen LogP contribution in [-0.4, -0.2) is 27.8 Å². The zero-order valence-electron chi connectivity index (χ0n) is 14.5. The quantitative estimate of drug-likeness (QED) is 0.510. The maximum Gasteiger partial charge on any atom is 0.356 e. The highest BCUT2D eigenvalue weighted by Crippen LogP contribution is 2.28. The molecule has 27 heavy (non-hydrogen) atoms. The molecule has 0 aliphatic carbocycles. The average Bonchev–Trinajstić information content (AvgIpc) is 3.24. The maximum absolute atomic E-state index is 12.9. The molecule has 0 amide bonds. The Morgan fingerprint density at radius 2 is 1.89 bits per heavy atom. The normalized spacial score (nSPS) is 10.9. The molecule has 6 nitrogen and oxygen atoms in total. The van der Waals surface area contributed by atoms with E-state index in [0.717, 1.165) is 16.0 Å². The van der Waals surface area contributed by atoms with Crippen molar-refractivity contribution in [3.8, 4) is 10.6 Å². The van der Waals surface area contributed by atoms with Crippen LogP contribution in [0.5, 0.6) is 0 Å². The second-order valence-electron chi connectivity index (χ2n) is 5.84. The number of hydrogen-bond acceptors (Lipinski definition) is 6. The van der Waals surface area contributed by atoms with E-state index in [0.29, 0.717) is 11.1 Å². The largest absolute Gasteiger partial charge is 0.464 e. The standard InChI is InChI=1S/C20H15N3O3S/c1-26-20(25)16-9-4-6-13(21-16)12-23-19(24)15-8-3-2-7-14(15)18(22-23)17-10-5-11-27-17/h2-11H,12H2,1H3. The lowest BCUT2D eigenvalue weighted by Crippen LogP contribution is -2.25. The minimum Gasteiger partial charge on any atom is -0.464 e. The highest BCUT2D eigenvalue weighted by Gasteiger charge is 2.14. The number of hydrogen-bond donors (Lipinski definition) is 0. The number of aromatic nitrogens is 3. The van der Waals surface area contributed by atoms with Crippen molar-refractivity contribution < 1.29 is 9.53 Å². The molecule has 3 heterocycles. The molecule has 0 N–H and O–H groups in total. The summed E-state index contributed by atoms with van der Waals surface area (Å²) >= 11 is 1.57. The van der Waals surface area contributed by atoms with Crippen molar-refractivity contribution in [3.05, 3.63) is 81.7 Å². The first-order chi connectivity index (χ1) is 13.2. The molecule has 4 rings (SSSR count). The van der Waals surface area contributed by atoms with E-state index in [9.17, 15) is 9.59 Å². The van der Waals surface area contributed by atoms with Crippen molar-refractivity contribution in [2.24, 2.45) is 0 Å². The van der Waals surface area contributed by atoms with Crippen LogP contribution < -0.4 is 5.56 Å². The molecule has 0 spiro atoms. The van der Waals surface area contributed by atoms with Gasteiger partial charge in [0.15, 0.2) is 0 Å². The number of benzene rings is 1. The van der Waals surface area contributed by atoms with E-state index in [2.05, 4.69) is 10.1 Å². The van der Waals surface area contributed by atoms with E-state index in [-0.39, 0.29) is 17.8 Å². The van der Waals surface area contributed by atoms with Gasteiger partial charge in [-0.05, 0) is 29.6 Å². The summed E-state index contributed by atoms with van der Waals surface area (Å²) in [7, 11) is 1.30. The van der Waals surface area contributed by atoms with Crippen LogP contribution in [0.25, 0.3) is 21.3 Å². The fraction of sp³-hybridized carbons (Fsp3) is 0.100. The van der Waals surface area contributed by atoms with Gasteiger partial charge >= 0.3 is 5.97 Å². The first kappa shape index (κ1) is 17.1. The van der Waals surface area contributed by atoms with Gasteiger partial charge in [-0.3, -0.25) is 4.79 Å². The van der Waals surface area contributed by atoms with Gasteiger partial charge in [0, 0.05) is 5.39 Å². The molecule has 1 aromatic carbocycles. The topological polar surface area (TPSA) is 74.1 Å². The molecule has 7 heteroatoms. The van der Waals surface area contributed by atoms with Crippen molar-refractivity contribution in [3.63, 3.8) is 0 Å². The number of nitrogens with zero attached hydrogens (tertiary/aromatic N) is 3. The van der Waals surface area contributed by atoms with Gasteiger partial charge in [-0.2, -0.15) is 5.10 Å². The summed E-state index contributed by atoms with van der Waals surface area (Å²) < 4.78 is 6.10. The number of pyridine rings is 1. The molecule has 4 aromatic rings. The Morgan fingerprint density at radius 1 is 1.07 bits per heavy atom. The Hall–Kier alpha value is -3.32. The zero-order chi connectivity index (χ0) is 18.8. The minimum atomic E-state index is -0.519. The molecule has 0 bridgehead atoms. The van der Waals surface area contributed by atoms with E-state index in [1.165, 1.54) is 11.8 Å². The number of esters is 1. The second-order valence-corrected chi connectivity index (χ2v) is 6.79. The minimum absolute atomic E-state index is 0.160. The number of fused-ring (bicyclic) bond motifs is 1. The molecule has 0 fully saturated rings. The third-order valence-electron chi connectivity index (χ3n) is 4.14. The van der Waals surface area contributed by atoms with Gasteiger partial charge in [-0.15, -0.1) is 11.3 Å². The van der Waals surface area contributed by atoms with E-state index < -0.39 is 5.97 Å². The predicted octanol–water partition coefficient (Wildman–Crippen LogP) is 3.35. The first-order valence-electron chi connectivity index (χ1n) is 8.25. The lowest BCUT2D eigenvalue weighted by molar-refractivity contribution is 0.0593. The third-order valence-corrected chi connectivity index (χ3v) is 5.01. The number of thiophene rings is 1. The molecular formula is C20H15N3O3S. The van der Waals surface area contributed by atoms with E-state index in [1.807, 2.05) is 35.7 Å². The molecule has 3 aromatic heterocycles. The van der Waals surface area contributed by atoms with Crippen molar-refractivity contribution in [1.82, 2.24) is 14.8 Å². The highest BCUT2D eigenvalue weighted by molar-refractivity contribution is 7.13. The van der Waals surface area contributed by atoms with Gasteiger partial charge in [0.1, 0.15) is 11.4 Å². The number of rotatable bonds is 4. The van der Waals surface area contributed by atoms with Crippen LogP contribution in [0.2, 0.25) is 0 Å². The number of carbonyl (C=O) groups is 1. The number of ether oxygens (including phenoxy) is 1. The van der Waals surface area contributed by atoms with Crippen LogP contribution >= 0.6 is 11.3 Å². The molecule has 0 radical (unpaired) electrons. The highest BCUT2D eigenvalue weighted by atomic mass is 32.1. The van der Waals surface area contributed by atoms with Gasteiger partial charge in [0.25, 0.3) is 5.56 Å².